The smallest absolute Gasteiger partial charge is 0.343 e. The van der Waals surface area contributed by atoms with Gasteiger partial charge in [0.15, 0.2) is 23.0 Å². The molecule has 0 bridgehead atoms. The molecule has 0 saturated heterocycles. The third-order valence-electron chi connectivity index (χ3n) is 7.05. The van der Waals surface area contributed by atoms with Crippen molar-refractivity contribution in [1.82, 2.24) is 10.4 Å². The average molecular weight is 624 g/mol. The van der Waals surface area contributed by atoms with E-state index in [0.29, 0.717) is 46.6 Å². The maximum atomic E-state index is 13.4. The van der Waals surface area contributed by atoms with Crippen molar-refractivity contribution in [3.8, 4) is 45.6 Å². The number of aromatic nitrogens is 1. The van der Waals surface area contributed by atoms with E-state index in [4.69, 9.17) is 28.4 Å². The lowest BCUT2D eigenvalue weighted by Gasteiger charge is -2.15. The molecule has 11 heteroatoms. The predicted octanol–water partition coefficient (Wildman–Crippen LogP) is 6.25. The van der Waals surface area contributed by atoms with E-state index in [0.717, 1.165) is 22.0 Å². The number of ether oxygens (including phenoxy) is 6. The fraction of sp³-hybridized carbons (Fsp3) is 0.171. The Morgan fingerprint density at radius 3 is 2.20 bits per heavy atom. The van der Waals surface area contributed by atoms with Crippen molar-refractivity contribution >= 4 is 29.0 Å². The second-order valence-corrected chi connectivity index (χ2v) is 9.79. The number of nitrogens with zero attached hydrogens (tertiary/aromatic N) is 1. The van der Waals surface area contributed by atoms with E-state index in [1.165, 1.54) is 39.7 Å². The maximum absolute atomic E-state index is 13.4. The summed E-state index contributed by atoms with van der Waals surface area (Å²) >= 11 is 0. The van der Waals surface area contributed by atoms with Crippen molar-refractivity contribution in [3.05, 3.63) is 95.7 Å². The molecule has 0 unspecified atom stereocenters. The minimum absolute atomic E-state index is 0.190. The quantitative estimate of drug-likeness (QED) is 0.0722. The number of aromatic amines is 1. The van der Waals surface area contributed by atoms with Crippen LogP contribution in [0, 0.1) is 0 Å². The third-order valence-corrected chi connectivity index (χ3v) is 7.05. The highest BCUT2D eigenvalue weighted by molar-refractivity contribution is 6.10. The predicted molar refractivity (Wildman–Crippen MR) is 174 cm³/mol. The molecule has 0 aliphatic rings. The SMILES string of the molecule is CCOc1cc(C=NNC(=O)c2[nH]c3ccc(OC)cc3c2-c2ccccc2)ccc1OC(=O)c1cc(OC)c(OC)c(OC)c1. The number of carbonyl (C=O) groups excluding carboxylic acids is 2. The number of nitrogens with one attached hydrogen (secondary N) is 2. The van der Waals surface area contributed by atoms with Gasteiger partial charge in [0.05, 0.1) is 46.8 Å². The van der Waals surface area contributed by atoms with Crippen molar-refractivity contribution in [2.75, 3.05) is 35.0 Å². The molecule has 4 aromatic carbocycles. The lowest BCUT2D eigenvalue weighted by molar-refractivity contribution is 0.0727. The number of hydrogen-bond acceptors (Lipinski definition) is 9. The first-order chi connectivity index (χ1) is 22.4. The van der Waals surface area contributed by atoms with Gasteiger partial charge in [-0.3, -0.25) is 4.79 Å². The number of esters is 1. The topological polar surface area (TPSA) is 130 Å². The number of carbonyl (C=O) groups is 2. The second kappa shape index (κ2) is 14.2. The van der Waals surface area contributed by atoms with Crippen LogP contribution in [0.3, 0.4) is 0 Å². The summed E-state index contributed by atoms with van der Waals surface area (Å²) in [6.07, 6.45) is 1.47. The highest BCUT2D eigenvalue weighted by Crippen LogP contribution is 2.39. The Hall–Kier alpha value is -5.97. The van der Waals surface area contributed by atoms with E-state index >= 15 is 0 Å². The molecule has 0 spiro atoms. The largest absolute Gasteiger partial charge is 0.497 e. The van der Waals surface area contributed by atoms with Crippen LogP contribution in [-0.4, -0.2) is 58.1 Å². The number of benzene rings is 4. The molecule has 1 heterocycles. The van der Waals surface area contributed by atoms with Crippen molar-refractivity contribution in [2.45, 2.75) is 6.92 Å². The van der Waals surface area contributed by atoms with Gasteiger partial charge in [-0.25, -0.2) is 10.2 Å². The normalized spacial score (nSPS) is 10.9. The van der Waals surface area contributed by atoms with Crippen molar-refractivity contribution in [1.29, 1.82) is 0 Å². The molecule has 0 radical (unpaired) electrons. The van der Waals surface area contributed by atoms with Crippen LogP contribution in [0.25, 0.3) is 22.0 Å². The van der Waals surface area contributed by atoms with E-state index < -0.39 is 11.9 Å². The molecule has 5 aromatic rings. The van der Waals surface area contributed by atoms with Gasteiger partial charge in [0, 0.05) is 16.5 Å². The monoisotopic (exact) mass is 623 g/mol. The molecule has 46 heavy (non-hydrogen) atoms. The van der Waals surface area contributed by atoms with Crippen LogP contribution in [0.5, 0.6) is 34.5 Å². The minimum Gasteiger partial charge on any atom is -0.497 e. The van der Waals surface area contributed by atoms with Gasteiger partial charge in [-0.1, -0.05) is 30.3 Å². The second-order valence-electron chi connectivity index (χ2n) is 9.79. The van der Waals surface area contributed by atoms with Crippen molar-refractivity contribution < 1.29 is 38.0 Å². The van der Waals surface area contributed by atoms with Crippen molar-refractivity contribution in [3.63, 3.8) is 0 Å². The first-order valence-electron chi connectivity index (χ1n) is 14.3. The minimum atomic E-state index is -0.654. The van der Waals surface area contributed by atoms with E-state index in [1.807, 2.05) is 55.5 Å². The van der Waals surface area contributed by atoms with Crippen LogP contribution in [0.2, 0.25) is 0 Å². The Morgan fingerprint density at radius 1 is 0.804 bits per heavy atom. The number of hydrogen-bond donors (Lipinski definition) is 2. The van der Waals surface area contributed by atoms with E-state index in [-0.39, 0.29) is 11.3 Å². The van der Waals surface area contributed by atoms with Gasteiger partial charge in [0.1, 0.15) is 11.4 Å². The van der Waals surface area contributed by atoms with Gasteiger partial charge >= 0.3 is 5.97 Å². The van der Waals surface area contributed by atoms with Crippen molar-refractivity contribution in [2.24, 2.45) is 5.10 Å². The fourth-order valence-corrected chi connectivity index (χ4v) is 4.91. The molecule has 1 amide bonds. The summed E-state index contributed by atoms with van der Waals surface area (Å²) in [4.78, 5) is 29.7. The lowest BCUT2D eigenvalue weighted by Crippen LogP contribution is -2.18. The summed E-state index contributed by atoms with van der Waals surface area (Å²) in [5, 5.41) is 5.02. The van der Waals surface area contributed by atoms with E-state index in [2.05, 4.69) is 15.5 Å². The number of hydrazone groups is 1. The Kier molecular flexibility index (Phi) is 9.72. The van der Waals surface area contributed by atoms with Gasteiger partial charge < -0.3 is 33.4 Å². The lowest BCUT2D eigenvalue weighted by atomic mass is 10.0. The zero-order valence-electron chi connectivity index (χ0n) is 26.0. The first kappa shape index (κ1) is 31.5. The zero-order valence-corrected chi connectivity index (χ0v) is 26.0. The molecule has 0 aliphatic carbocycles. The third kappa shape index (κ3) is 6.58. The van der Waals surface area contributed by atoms with Gasteiger partial charge in [-0.15, -0.1) is 0 Å². The van der Waals surface area contributed by atoms with E-state index in [9.17, 15) is 9.59 Å². The van der Waals surface area contributed by atoms with Crippen LogP contribution in [0.1, 0.15) is 33.3 Å². The molecule has 1 aromatic heterocycles. The molecule has 0 atom stereocenters. The van der Waals surface area contributed by atoms with Gasteiger partial charge in [-0.05, 0) is 66.6 Å². The van der Waals surface area contributed by atoms with Crippen LogP contribution in [0.4, 0.5) is 0 Å². The standard InChI is InChI=1S/C35H33N3O8/c1-6-45-28-16-21(12-15-27(28)46-35(40)23-17-29(42-3)33(44-5)30(18-23)43-4)20-36-38-34(39)32-31(22-10-8-7-9-11-22)25-19-24(41-2)13-14-26(25)37-32/h7-20,37H,6H2,1-5H3,(H,38,39). The zero-order chi connectivity index (χ0) is 32.6. The molecule has 236 valence electrons. The highest BCUT2D eigenvalue weighted by Gasteiger charge is 2.21. The highest BCUT2D eigenvalue weighted by atomic mass is 16.6. The number of fused-ring (bicyclic) bond motifs is 1. The van der Waals surface area contributed by atoms with Crippen LogP contribution < -0.4 is 33.8 Å². The van der Waals surface area contributed by atoms with Gasteiger partial charge in [0.25, 0.3) is 5.91 Å². The molecule has 0 fully saturated rings. The molecule has 2 N–H and O–H groups in total. The molecule has 11 nitrogen and oxygen atoms in total. The molecule has 5 rings (SSSR count). The molecular formula is C35H33N3O8. The number of rotatable bonds is 12. The van der Waals surface area contributed by atoms with Gasteiger partial charge in [-0.2, -0.15) is 5.10 Å². The summed E-state index contributed by atoms with van der Waals surface area (Å²) in [6.45, 7) is 2.13. The molecular weight excluding hydrogens is 590 g/mol. The molecule has 0 saturated carbocycles. The number of H-pyrrole nitrogens is 1. The summed E-state index contributed by atoms with van der Waals surface area (Å²) in [5.41, 5.74) is 6.14. The summed E-state index contributed by atoms with van der Waals surface area (Å²) in [6, 6.07) is 23.1. The van der Waals surface area contributed by atoms with Crippen LogP contribution in [-0.2, 0) is 0 Å². The first-order valence-corrected chi connectivity index (χ1v) is 14.3. The van der Waals surface area contributed by atoms with Crippen LogP contribution >= 0.6 is 0 Å². The average Bonchev–Trinajstić information content (AvgIpc) is 3.48. The number of methoxy groups -OCH3 is 4. The summed E-state index contributed by atoms with van der Waals surface area (Å²) in [5.74, 6) is 1.10. The summed E-state index contributed by atoms with van der Waals surface area (Å²) < 4.78 is 32.8. The maximum Gasteiger partial charge on any atom is 0.343 e. The Balaban J connectivity index is 1.36. The van der Waals surface area contributed by atoms with Gasteiger partial charge in [0.2, 0.25) is 5.75 Å². The van der Waals surface area contributed by atoms with Crippen LogP contribution in [0.15, 0.2) is 84.0 Å². The summed E-state index contributed by atoms with van der Waals surface area (Å²) in [7, 11) is 6.00. The number of amides is 1. The fourth-order valence-electron chi connectivity index (χ4n) is 4.91. The van der Waals surface area contributed by atoms with E-state index in [1.54, 1.807) is 25.3 Å². The Labute approximate surface area is 265 Å². The molecule has 0 aliphatic heterocycles. The Morgan fingerprint density at radius 2 is 1.54 bits per heavy atom. The Bertz CT molecular complexity index is 1870.